The molecule has 3 rings (SSSR count). The number of hydrogen-bond acceptors (Lipinski definition) is 5. The van der Waals surface area contributed by atoms with Gasteiger partial charge in [-0.3, -0.25) is 13.9 Å². The number of anilines is 2. The summed E-state index contributed by atoms with van der Waals surface area (Å²) >= 11 is 0. The van der Waals surface area contributed by atoms with Crippen LogP contribution >= 0.6 is 0 Å². The molecule has 0 radical (unpaired) electrons. The molecule has 0 spiro atoms. The van der Waals surface area contributed by atoms with Gasteiger partial charge in [0.1, 0.15) is 5.75 Å². The van der Waals surface area contributed by atoms with E-state index in [4.69, 9.17) is 0 Å². The normalized spacial score (nSPS) is 15.2. The molecule has 1 heterocycles. The number of nitrogens with zero attached hydrogens (tertiary/aromatic N) is 1. The molecule has 9 heteroatoms. The zero-order valence-electron chi connectivity index (χ0n) is 15.1. The minimum Gasteiger partial charge on any atom is -0.508 e. The highest BCUT2D eigenvalue weighted by Gasteiger charge is 2.28. The third kappa shape index (κ3) is 4.80. The van der Waals surface area contributed by atoms with Gasteiger partial charge >= 0.3 is 11.8 Å². The molecule has 28 heavy (non-hydrogen) atoms. The van der Waals surface area contributed by atoms with E-state index in [1.54, 1.807) is 42.5 Å². The number of nitrogens with one attached hydrogen (secondary N) is 2. The Labute approximate surface area is 163 Å². The van der Waals surface area contributed by atoms with Crippen molar-refractivity contribution >= 4 is 33.2 Å². The highest BCUT2D eigenvalue weighted by molar-refractivity contribution is 7.93. The average Bonchev–Trinajstić information content (AvgIpc) is 3.02. The van der Waals surface area contributed by atoms with Crippen LogP contribution in [0.4, 0.5) is 11.4 Å². The molecule has 2 amide bonds. The Morgan fingerprint density at radius 3 is 2.50 bits per heavy atom. The van der Waals surface area contributed by atoms with Crippen LogP contribution < -0.4 is 14.9 Å². The molecular weight excluding hydrogens is 382 g/mol. The van der Waals surface area contributed by atoms with Crippen LogP contribution in [-0.4, -0.2) is 44.2 Å². The van der Waals surface area contributed by atoms with E-state index in [0.29, 0.717) is 30.8 Å². The van der Waals surface area contributed by atoms with Crippen molar-refractivity contribution in [2.45, 2.75) is 12.8 Å². The van der Waals surface area contributed by atoms with E-state index < -0.39 is 21.8 Å². The molecule has 1 saturated heterocycles. The van der Waals surface area contributed by atoms with Gasteiger partial charge < -0.3 is 15.7 Å². The van der Waals surface area contributed by atoms with Gasteiger partial charge in [-0.15, -0.1) is 0 Å². The summed E-state index contributed by atoms with van der Waals surface area (Å²) in [6.45, 7) is 0.667. The highest BCUT2D eigenvalue weighted by atomic mass is 32.2. The number of rotatable bonds is 5. The Kier molecular flexibility index (Phi) is 5.84. The Morgan fingerprint density at radius 1 is 1.07 bits per heavy atom. The van der Waals surface area contributed by atoms with Crippen molar-refractivity contribution < 1.29 is 23.1 Å². The Morgan fingerprint density at radius 2 is 1.82 bits per heavy atom. The maximum atomic E-state index is 12.1. The summed E-state index contributed by atoms with van der Waals surface area (Å²) in [6, 6.07) is 13.0. The van der Waals surface area contributed by atoms with E-state index in [-0.39, 0.29) is 18.0 Å². The van der Waals surface area contributed by atoms with E-state index in [9.17, 15) is 23.1 Å². The van der Waals surface area contributed by atoms with Crippen LogP contribution in [0.5, 0.6) is 5.75 Å². The molecule has 2 aromatic carbocycles. The quantitative estimate of drug-likeness (QED) is 0.650. The number of amides is 2. The van der Waals surface area contributed by atoms with Crippen molar-refractivity contribution in [2.75, 3.05) is 28.5 Å². The van der Waals surface area contributed by atoms with Gasteiger partial charge in [0, 0.05) is 18.8 Å². The van der Waals surface area contributed by atoms with Crippen LogP contribution in [0, 0.1) is 0 Å². The maximum absolute atomic E-state index is 12.1. The first-order chi connectivity index (χ1) is 13.3. The van der Waals surface area contributed by atoms with Gasteiger partial charge in [0.15, 0.2) is 0 Å². The van der Waals surface area contributed by atoms with Gasteiger partial charge in [-0.2, -0.15) is 0 Å². The lowest BCUT2D eigenvalue weighted by atomic mass is 10.1. The van der Waals surface area contributed by atoms with E-state index in [2.05, 4.69) is 10.6 Å². The molecule has 8 nitrogen and oxygen atoms in total. The van der Waals surface area contributed by atoms with Crippen LogP contribution in [0.1, 0.15) is 12.0 Å². The summed E-state index contributed by atoms with van der Waals surface area (Å²) in [5, 5.41) is 14.3. The maximum Gasteiger partial charge on any atom is 0.313 e. The molecule has 0 unspecified atom stereocenters. The molecule has 0 saturated carbocycles. The Bertz CT molecular complexity index is 973. The fourth-order valence-electron chi connectivity index (χ4n) is 2.92. The van der Waals surface area contributed by atoms with Gasteiger partial charge in [-0.1, -0.05) is 18.2 Å². The number of phenols is 1. The molecule has 1 aliphatic rings. The number of benzene rings is 2. The third-order valence-corrected chi connectivity index (χ3v) is 6.20. The molecule has 3 N–H and O–H groups in total. The van der Waals surface area contributed by atoms with Crippen molar-refractivity contribution in [3.05, 3.63) is 54.1 Å². The topological polar surface area (TPSA) is 116 Å². The van der Waals surface area contributed by atoms with Gasteiger partial charge in [0.25, 0.3) is 0 Å². The number of aromatic hydroxyl groups is 1. The molecule has 0 aliphatic carbocycles. The summed E-state index contributed by atoms with van der Waals surface area (Å²) in [6.07, 6.45) is 1.07. The van der Waals surface area contributed by atoms with Crippen molar-refractivity contribution in [3.8, 4) is 5.75 Å². The van der Waals surface area contributed by atoms with Crippen LogP contribution in [0.3, 0.4) is 0 Å². The summed E-state index contributed by atoms with van der Waals surface area (Å²) in [5.41, 5.74) is 1.72. The van der Waals surface area contributed by atoms with Crippen molar-refractivity contribution in [2.24, 2.45) is 0 Å². The van der Waals surface area contributed by atoms with Crippen molar-refractivity contribution in [1.82, 2.24) is 5.32 Å². The number of sulfonamides is 1. The average molecular weight is 403 g/mol. The fourth-order valence-corrected chi connectivity index (χ4v) is 4.48. The van der Waals surface area contributed by atoms with Crippen LogP contribution in [0.25, 0.3) is 0 Å². The molecule has 1 fully saturated rings. The molecule has 148 valence electrons. The lowest BCUT2D eigenvalue weighted by Crippen LogP contribution is -2.36. The summed E-state index contributed by atoms with van der Waals surface area (Å²) in [7, 11) is -3.32. The molecule has 2 aromatic rings. The highest BCUT2D eigenvalue weighted by Crippen LogP contribution is 2.26. The minimum atomic E-state index is -3.32. The molecular formula is C19H21N3O5S. The fraction of sp³-hybridized carbons (Fsp3) is 0.263. The number of hydrogen-bond donors (Lipinski definition) is 3. The number of carbonyl (C=O) groups is 2. The standard InChI is InChI=1S/C19H21N3O5S/c23-17-7-5-14(6-8-17)9-10-20-18(24)19(25)21-15-3-1-4-16(13-15)22-11-2-12-28(22,26)27/h1,3-8,13,23H,2,9-12H2,(H,20,24)(H,21,25). The van der Waals surface area contributed by atoms with Gasteiger partial charge in [0.2, 0.25) is 10.0 Å². The lowest BCUT2D eigenvalue weighted by molar-refractivity contribution is -0.136. The zero-order valence-corrected chi connectivity index (χ0v) is 15.9. The summed E-state index contributed by atoms with van der Waals surface area (Å²) in [5.74, 6) is -1.34. The van der Waals surface area contributed by atoms with E-state index >= 15 is 0 Å². The van der Waals surface area contributed by atoms with E-state index in [1.807, 2.05) is 0 Å². The largest absolute Gasteiger partial charge is 0.508 e. The smallest absolute Gasteiger partial charge is 0.313 e. The van der Waals surface area contributed by atoms with Crippen LogP contribution in [-0.2, 0) is 26.0 Å². The van der Waals surface area contributed by atoms with Gasteiger partial charge in [-0.05, 0) is 48.7 Å². The van der Waals surface area contributed by atoms with Crippen LogP contribution in [0.2, 0.25) is 0 Å². The van der Waals surface area contributed by atoms with Gasteiger partial charge in [-0.25, -0.2) is 8.42 Å². The second-order valence-corrected chi connectivity index (χ2v) is 8.43. The predicted molar refractivity (Wildman–Crippen MR) is 106 cm³/mol. The monoisotopic (exact) mass is 403 g/mol. The first kappa shape index (κ1) is 19.7. The van der Waals surface area contributed by atoms with Crippen molar-refractivity contribution in [1.29, 1.82) is 0 Å². The second kappa shape index (κ2) is 8.30. The second-order valence-electron chi connectivity index (χ2n) is 6.42. The molecule has 0 atom stereocenters. The predicted octanol–water partition coefficient (Wildman–Crippen LogP) is 1.23. The molecule has 0 aromatic heterocycles. The minimum absolute atomic E-state index is 0.104. The Hall–Kier alpha value is -3.07. The first-order valence-electron chi connectivity index (χ1n) is 8.83. The van der Waals surface area contributed by atoms with Crippen LogP contribution in [0.15, 0.2) is 48.5 Å². The first-order valence-corrected chi connectivity index (χ1v) is 10.4. The molecule has 0 bridgehead atoms. The van der Waals surface area contributed by atoms with E-state index in [0.717, 1.165) is 5.56 Å². The van der Waals surface area contributed by atoms with Crippen molar-refractivity contribution in [3.63, 3.8) is 0 Å². The number of phenolic OH excluding ortho intramolecular Hbond substituents is 1. The zero-order chi connectivity index (χ0) is 20.1. The molecule has 1 aliphatic heterocycles. The van der Waals surface area contributed by atoms with Gasteiger partial charge in [0.05, 0.1) is 11.4 Å². The SMILES string of the molecule is O=C(NCCc1ccc(O)cc1)C(=O)Nc1cccc(N2CCCS2(=O)=O)c1. The van der Waals surface area contributed by atoms with E-state index in [1.165, 1.54) is 10.4 Å². The lowest BCUT2D eigenvalue weighted by Gasteiger charge is -2.17. The Balaban J connectivity index is 1.54. The summed E-state index contributed by atoms with van der Waals surface area (Å²) in [4.78, 5) is 24.0. The number of carbonyl (C=O) groups excluding carboxylic acids is 2. The third-order valence-electron chi connectivity index (χ3n) is 4.33. The summed E-state index contributed by atoms with van der Waals surface area (Å²) < 4.78 is 25.3.